The predicted molar refractivity (Wildman–Crippen MR) is 40.0 cm³/mol. The number of hydrogen-bond acceptors (Lipinski definition) is 4. The van der Waals surface area contributed by atoms with Crippen LogP contribution in [0.1, 0.15) is 0 Å². The smallest absolute Gasteiger partial charge is 0.284 e. The molecule has 4 N–H and O–H groups in total. The van der Waals surface area contributed by atoms with E-state index >= 15 is 0 Å². The molecular weight excluding hydrogens is 176 g/mol. The maximum Gasteiger partial charge on any atom is 0.623 e. The second-order valence-electron chi connectivity index (χ2n) is 1.30. The van der Waals surface area contributed by atoms with Crippen LogP contribution in [0.25, 0.3) is 0 Å². The van der Waals surface area contributed by atoms with Gasteiger partial charge in [0.05, 0.1) is 0 Å². The van der Waals surface area contributed by atoms with Gasteiger partial charge in [-0.3, -0.25) is 31.7 Å². The maximum absolute atomic E-state index is 9.86. The van der Waals surface area contributed by atoms with Gasteiger partial charge in [0.2, 0.25) is 0 Å². The second kappa shape index (κ2) is 3.75. The molecule has 0 saturated heterocycles. The van der Waals surface area contributed by atoms with Gasteiger partial charge >= 0.3 is 5.11 Å². The zero-order chi connectivity index (χ0) is 9.02. The molecule has 0 aliphatic heterocycles. The van der Waals surface area contributed by atoms with Gasteiger partial charge < -0.3 is 0 Å². The van der Waals surface area contributed by atoms with E-state index in [9.17, 15) is 20.2 Å². The molecule has 0 heterocycles. The van der Waals surface area contributed by atoms with E-state index in [1.165, 1.54) is 0 Å². The first-order valence-corrected chi connectivity index (χ1v) is 2.98. The summed E-state index contributed by atoms with van der Waals surface area (Å²) in [4.78, 5) is 17.4. The first-order chi connectivity index (χ1) is 4.95. The molecule has 0 aliphatic rings. The van der Waals surface area contributed by atoms with Crippen molar-refractivity contribution in [1.29, 1.82) is 0 Å². The highest BCUT2D eigenvalue weighted by Gasteiger charge is 2.24. The Morgan fingerprint density at radius 3 is 1.64 bits per heavy atom. The van der Waals surface area contributed by atoms with Gasteiger partial charge in [-0.15, -0.1) is 0 Å². The monoisotopic (exact) mass is 180 g/mol. The van der Waals surface area contributed by atoms with Gasteiger partial charge in [-0.1, -0.05) is 0 Å². The summed E-state index contributed by atoms with van der Waals surface area (Å²) in [6.07, 6.45) is 0. The van der Waals surface area contributed by atoms with Crippen LogP contribution in [0.4, 0.5) is 0 Å². The third-order valence-corrected chi connectivity index (χ3v) is 1.24. The zero-order valence-electron chi connectivity index (χ0n) is 5.09. The molecule has 11 heavy (non-hydrogen) atoms. The molecule has 0 rings (SSSR count). The van der Waals surface area contributed by atoms with Crippen LogP contribution < -0.4 is 11.5 Å². The van der Waals surface area contributed by atoms with Crippen LogP contribution in [-0.2, 0) is 0 Å². The van der Waals surface area contributed by atoms with E-state index in [-0.39, 0.29) is 10.9 Å². The lowest BCUT2D eigenvalue weighted by Gasteiger charge is -1.82. The minimum absolute atomic E-state index is 0.106. The summed E-state index contributed by atoms with van der Waals surface area (Å²) in [6.45, 7) is 0. The molecule has 0 radical (unpaired) electrons. The number of nitro groups is 2. The Kier molecular flexibility index (Phi) is 3.30. The molecule has 0 aromatic carbocycles. The molecule has 0 aromatic rings. The Bertz CT molecular complexity index is 245. The van der Waals surface area contributed by atoms with E-state index in [2.05, 4.69) is 0 Å². The summed E-state index contributed by atoms with van der Waals surface area (Å²) >= 11 is 0. The van der Waals surface area contributed by atoms with Crippen LogP contribution in [0.3, 0.4) is 0 Å². The molecule has 0 aromatic heterocycles. The lowest BCUT2D eigenvalue weighted by atomic mass is 11.2. The molecule has 0 fully saturated rings. The Morgan fingerprint density at radius 1 is 1.18 bits per heavy atom. The average Bonchev–Trinajstić information content (AvgIpc) is 1.81. The molecule has 0 atom stereocenters. The summed E-state index contributed by atoms with van der Waals surface area (Å²) < 4.78 is 0. The third-order valence-electron chi connectivity index (χ3n) is 0.522. The quantitative estimate of drug-likeness (QED) is 0.260. The Balaban J connectivity index is 5.09. The zero-order valence-corrected chi connectivity index (χ0v) is 5.91. The van der Waals surface area contributed by atoms with Crippen molar-refractivity contribution < 1.29 is 9.85 Å². The highest BCUT2D eigenvalue weighted by molar-refractivity contribution is 7.97. The van der Waals surface area contributed by atoms with E-state index < -0.39 is 20.1 Å². The molecule has 8 nitrogen and oxygen atoms in total. The summed E-state index contributed by atoms with van der Waals surface area (Å²) in [5, 5.41) is 18.1. The first kappa shape index (κ1) is 9.68. The fraction of sp³-hybridized carbons (Fsp3) is 0. The van der Waals surface area contributed by atoms with Crippen LogP contribution >= 0.6 is 10.9 Å². The Hall–Kier alpha value is -1.32. The lowest BCUT2D eigenvalue weighted by Crippen LogP contribution is -2.24. The van der Waals surface area contributed by atoms with Crippen molar-refractivity contribution in [3.05, 3.63) is 20.2 Å². The highest BCUT2D eigenvalue weighted by atomic mass is 32.1. The first-order valence-electron chi connectivity index (χ1n) is 2.16. The van der Waals surface area contributed by atoms with Crippen molar-refractivity contribution in [2.75, 3.05) is 0 Å². The van der Waals surface area contributed by atoms with Gasteiger partial charge in [0.25, 0.3) is 0 Å². The SMILES string of the molecule is NC(N)=S=C([N+](=O)[O-])[N+](=O)[O-]. The maximum atomic E-state index is 9.86. The molecule has 0 bridgehead atoms. The van der Waals surface area contributed by atoms with Gasteiger partial charge in [0.15, 0.2) is 0 Å². The van der Waals surface area contributed by atoms with Crippen LogP contribution in [0, 0.1) is 20.2 Å². The summed E-state index contributed by atoms with van der Waals surface area (Å²) in [5.41, 5.74) is 9.59. The van der Waals surface area contributed by atoms with Crippen LogP contribution in [-0.4, -0.2) is 20.1 Å². The minimum atomic E-state index is -1.20. The van der Waals surface area contributed by atoms with Crippen molar-refractivity contribution in [1.82, 2.24) is 0 Å². The van der Waals surface area contributed by atoms with Crippen molar-refractivity contribution >= 4 is 21.2 Å². The molecule has 0 amide bonds. The lowest BCUT2D eigenvalue weighted by molar-refractivity contribution is -0.495. The van der Waals surface area contributed by atoms with E-state index in [1.807, 2.05) is 0 Å². The van der Waals surface area contributed by atoms with Gasteiger partial charge in [0.1, 0.15) is 15.0 Å². The van der Waals surface area contributed by atoms with Crippen molar-refractivity contribution in [2.24, 2.45) is 11.5 Å². The molecule has 0 spiro atoms. The normalized spacial score (nSPS) is 8.55. The van der Waals surface area contributed by atoms with Gasteiger partial charge in [0, 0.05) is 10.9 Å². The van der Waals surface area contributed by atoms with Crippen LogP contribution in [0.5, 0.6) is 0 Å². The number of rotatable bonds is 0. The van der Waals surface area contributed by atoms with Crippen molar-refractivity contribution in [3.8, 4) is 0 Å². The number of hydrogen-bond donors (Lipinski definition) is 2. The molecule has 9 heteroatoms. The molecule has 0 aliphatic carbocycles. The van der Waals surface area contributed by atoms with E-state index in [4.69, 9.17) is 11.5 Å². The van der Waals surface area contributed by atoms with Crippen molar-refractivity contribution in [3.63, 3.8) is 0 Å². The molecule has 0 saturated carbocycles. The van der Waals surface area contributed by atoms with Crippen molar-refractivity contribution in [2.45, 2.75) is 0 Å². The van der Waals surface area contributed by atoms with Gasteiger partial charge in [-0.2, -0.15) is 0 Å². The Morgan fingerprint density at radius 2 is 1.55 bits per heavy atom. The van der Waals surface area contributed by atoms with Crippen LogP contribution in [0.15, 0.2) is 0 Å². The molecular formula is C2H4N4O4S. The Labute approximate surface area is 63.6 Å². The fourth-order valence-electron chi connectivity index (χ4n) is 0.247. The summed E-state index contributed by atoms with van der Waals surface area (Å²) in [7, 11) is 0.106. The van der Waals surface area contributed by atoms with E-state index in [1.54, 1.807) is 0 Å². The fourth-order valence-corrected chi connectivity index (χ4v) is 0.607. The van der Waals surface area contributed by atoms with Gasteiger partial charge in [-0.25, -0.2) is 0 Å². The summed E-state index contributed by atoms with van der Waals surface area (Å²) in [6, 6.07) is 0. The number of nitrogens with zero attached hydrogens (tertiary/aromatic N) is 2. The minimum Gasteiger partial charge on any atom is -0.284 e. The van der Waals surface area contributed by atoms with Gasteiger partial charge in [-0.05, 0) is 0 Å². The second-order valence-corrected chi connectivity index (χ2v) is 2.34. The molecule has 0 unspecified atom stereocenters. The third kappa shape index (κ3) is 3.40. The van der Waals surface area contributed by atoms with E-state index in [0.717, 1.165) is 0 Å². The highest BCUT2D eigenvalue weighted by Crippen LogP contribution is 1.83. The standard InChI is InChI=1S/C2H4N4O4S/c3-1(4)11-2(5(7)8)6(9)10/h3-4H2. The van der Waals surface area contributed by atoms with E-state index in [0.29, 0.717) is 0 Å². The summed E-state index contributed by atoms with van der Waals surface area (Å²) in [5.74, 6) is 0. The topological polar surface area (TPSA) is 138 Å². The average molecular weight is 180 g/mol. The number of nitrogens with two attached hydrogens (primary N) is 2. The molecule has 62 valence electrons. The largest absolute Gasteiger partial charge is 0.623 e. The predicted octanol–water partition coefficient (Wildman–Crippen LogP) is -1.63. The van der Waals surface area contributed by atoms with Crippen LogP contribution in [0.2, 0.25) is 0 Å².